The number of carbonyl (C=O) groups excluding carboxylic acids is 1. The molecule has 0 heterocycles. The molecule has 0 aromatic heterocycles. The van der Waals surface area contributed by atoms with E-state index in [4.69, 9.17) is 15.2 Å². The minimum atomic E-state index is -0.483. The van der Waals surface area contributed by atoms with Crippen LogP contribution < -0.4 is 20.5 Å². The number of ether oxygens (including phenoxy) is 2. The predicted octanol–water partition coefficient (Wildman–Crippen LogP) is 1.56. The molecule has 20 heavy (non-hydrogen) atoms. The molecular weight excluding hydrogens is 256 g/mol. The van der Waals surface area contributed by atoms with Crippen LogP contribution in [0.3, 0.4) is 0 Å². The molecule has 112 valence electrons. The highest BCUT2D eigenvalue weighted by atomic mass is 16.5. The molecular formula is C15H24N2O3. The van der Waals surface area contributed by atoms with Gasteiger partial charge in [-0.25, -0.2) is 0 Å². The third-order valence-corrected chi connectivity index (χ3v) is 2.98. The minimum Gasteiger partial charge on any atom is -0.497 e. The van der Waals surface area contributed by atoms with Gasteiger partial charge in [-0.3, -0.25) is 4.79 Å². The monoisotopic (exact) mass is 280 g/mol. The molecule has 0 bridgehead atoms. The highest BCUT2D eigenvalue weighted by molar-refractivity contribution is 5.81. The maximum Gasteiger partial charge on any atom is 0.237 e. The minimum absolute atomic E-state index is 0.118. The van der Waals surface area contributed by atoms with Crippen LogP contribution >= 0.6 is 0 Å². The van der Waals surface area contributed by atoms with E-state index < -0.39 is 6.04 Å². The second kappa shape index (κ2) is 7.75. The molecule has 1 unspecified atom stereocenters. The Bertz CT molecular complexity index is 418. The van der Waals surface area contributed by atoms with E-state index in [-0.39, 0.29) is 17.9 Å². The quantitative estimate of drug-likeness (QED) is 0.795. The fraction of sp³-hybridized carbons (Fsp3) is 0.533. The Kier molecular flexibility index (Phi) is 6.31. The molecule has 0 aliphatic carbocycles. The summed E-state index contributed by atoms with van der Waals surface area (Å²) in [4.78, 5) is 11.7. The van der Waals surface area contributed by atoms with Crippen LogP contribution in [0.1, 0.15) is 20.8 Å². The molecule has 0 aliphatic rings. The van der Waals surface area contributed by atoms with Gasteiger partial charge in [-0.15, -0.1) is 0 Å². The van der Waals surface area contributed by atoms with Gasteiger partial charge < -0.3 is 20.5 Å². The van der Waals surface area contributed by atoms with Crippen LogP contribution in [0, 0.1) is 5.92 Å². The molecule has 0 saturated heterocycles. The highest BCUT2D eigenvalue weighted by Crippen LogP contribution is 2.17. The molecule has 1 aromatic carbocycles. The van der Waals surface area contributed by atoms with Crippen molar-refractivity contribution < 1.29 is 14.3 Å². The molecule has 2 atom stereocenters. The summed E-state index contributed by atoms with van der Waals surface area (Å²) in [6, 6.07) is 6.83. The summed E-state index contributed by atoms with van der Waals surface area (Å²) in [6.07, 6.45) is -0.133. The molecule has 0 saturated carbocycles. The first-order chi connectivity index (χ1) is 9.43. The van der Waals surface area contributed by atoms with Gasteiger partial charge in [-0.05, 0) is 37.1 Å². The Hall–Kier alpha value is -1.75. The number of nitrogens with two attached hydrogens (primary N) is 1. The van der Waals surface area contributed by atoms with Crippen molar-refractivity contribution in [2.75, 3.05) is 13.7 Å². The third kappa shape index (κ3) is 5.09. The molecule has 0 spiro atoms. The zero-order valence-corrected chi connectivity index (χ0v) is 12.6. The van der Waals surface area contributed by atoms with E-state index in [1.54, 1.807) is 7.11 Å². The van der Waals surface area contributed by atoms with E-state index >= 15 is 0 Å². The summed E-state index contributed by atoms with van der Waals surface area (Å²) in [5.74, 6) is 1.49. The van der Waals surface area contributed by atoms with E-state index in [1.165, 1.54) is 0 Å². The maximum atomic E-state index is 11.7. The third-order valence-electron chi connectivity index (χ3n) is 2.98. The van der Waals surface area contributed by atoms with Crippen molar-refractivity contribution in [2.24, 2.45) is 11.7 Å². The first-order valence-electron chi connectivity index (χ1n) is 6.78. The van der Waals surface area contributed by atoms with Crippen molar-refractivity contribution >= 4 is 5.91 Å². The second-order valence-electron chi connectivity index (χ2n) is 5.12. The summed E-state index contributed by atoms with van der Waals surface area (Å²) in [5.41, 5.74) is 5.76. The van der Waals surface area contributed by atoms with Gasteiger partial charge in [0, 0.05) is 0 Å². The lowest BCUT2D eigenvalue weighted by molar-refractivity contribution is -0.123. The van der Waals surface area contributed by atoms with Crippen molar-refractivity contribution in [1.82, 2.24) is 5.32 Å². The van der Waals surface area contributed by atoms with Gasteiger partial charge in [0.2, 0.25) is 5.91 Å². The standard InChI is InChI=1S/C15H24N2O3/c1-10(2)14(16)15(18)17-9-11(3)20-13-7-5-12(19-4)6-8-13/h5-8,10-11,14H,9,16H2,1-4H3,(H,17,18)/t11?,14-/m0/s1. The summed E-state index contributed by atoms with van der Waals surface area (Å²) < 4.78 is 10.8. The largest absolute Gasteiger partial charge is 0.497 e. The number of hydrogen-bond donors (Lipinski definition) is 2. The molecule has 5 nitrogen and oxygen atoms in total. The molecule has 5 heteroatoms. The average molecular weight is 280 g/mol. The molecule has 0 radical (unpaired) electrons. The van der Waals surface area contributed by atoms with Gasteiger partial charge >= 0.3 is 0 Å². The zero-order chi connectivity index (χ0) is 15.1. The number of methoxy groups -OCH3 is 1. The van der Waals surface area contributed by atoms with Crippen molar-refractivity contribution in [3.63, 3.8) is 0 Å². The number of carbonyl (C=O) groups is 1. The molecule has 3 N–H and O–H groups in total. The molecule has 1 aromatic rings. The fourth-order valence-electron chi connectivity index (χ4n) is 1.59. The Morgan fingerprint density at radius 3 is 2.25 bits per heavy atom. The van der Waals surface area contributed by atoms with Gasteiger partial charge in [-0.1, -0.05) is 13.8 Å². The van der Waals surface area contributed by atoms with Gasteiger partial charge in [0.05, 0.1) is 19.7 Å². The SMILES string of the molecule is COc1ccc(OC(C)CNC(=O)[C@@H](N)C(C)C)cc1. The van der Waals surface area contributed by atoms with Crippen molar-refractivity contribution in [2.45, 2.75) is 32.9 Å². The fourth-order valence-corrected chi connectivity index (χ4v) is 1.59. The van der Waals surface area contributed by atoms with Gasteiger partial charge in [0.1, 0.15) is 17.6 Å². The lowest BCUT2D eigenvalue weighted by Crippen LogP contribution is -2.46. The Morgan fingerprint density at radius 2 is 1.75 bits per heavy atom. The van der Waals surface area contributed by atoms with Crippen LogP contribution in [0.15, 0.2) is 24.3 Å². The summed E-state index contributed by atoms with van der Waals surface area (Å²) in [6.45, 7) is 6.15. The van der Waals surface area contributed by atoms with Crippen LogP contribution in [-0.4, -0.2) is 31.7 Å². The Balaban J connectivity index is 2.39. The van der Waals surface area contributed by atoms with E-state index in [1.807, 2.05) is 45.0 Å². The van der Waals surface area contributed by atoms with E-state index in [2.05, 4.69) is 5.32 Å². The second-order valence-corrected chi connectivity index (χ2v) is 5.12. The van der Waals surface area contributed by atoms with Crippen molar-refractivity contribution in [1.29, 1.82) is 0 Å². The number of nitrogens with one attached hydrogen (secondary N) is 1. The van der Waals surface area contributed by atoms with Gasteiger partial charge in [0.15, 0.2) is 0 Å². The normalized spacial score (nSPS) is 13.7. The van der Waals surface area contributed by atoms with E-state index in [9.17, 15) is 4.79 Å². The topological polar surface area (TPSA) is 73.6 Å². The highest BCUT2D eigenvalue weighted by Gasteiger charge is 2.17. The summed E-state index contributed by atoms with van der Waals surface area (Å²) in [7, 11) is 1.62. The van der Waals surface area contributed by atoms with E-state index in [0.29, 0.717) is 6.54 Å². The van der Waals surface area contributed by atoms with Crippen LogP contribution in [0.25, 0.3) is 0 Å². The van der Waals surface area contributed by atoms with Gasteiger partial charge in [0.25, 0.3) is 0 Å². The Labute approximate surface area is 120 Å². The number of benzene rings is 1. The number of hydrogen-bond acceptors (Lipinski definition) is 4. The van der Waals surface area contributed by atoms with Crippen LogP contribution in [-0.2, 0) is 4.79 Å². The number of rotatable bonds is 7. The lowest BCUT2D eigenvalue weighted by atomic mass is 10.1. The number of amides is 1. The Morgan fingerprint density at radius 1 is 1.20 bits per heavy atom. The van der Waals surface area contributed by atoms with Crippen molar-refractivity contribution in [3.8, 4) is 11.5 Å². The predicted molar refractivity (Wildman–Crippen MR) is 78.9 cm³/mol. The molecule has 1 rings (SSSR count). The lowest BCUT2D eigenvalue weighted by Gasteiger charge is -2.19. The smallest absolute Gasteiger partial charge is 0.237 e. The summed E-state index contributed by atoms with van der Waals surface area (Å²) >= 11 is 0. The van der Waals surface area contributed by atoms with Crippen LogP contribution in [0.2, 0.25) is 0 Å². The zero-order valence-electron chi connectivity index (χ0n) is 12.6. The van der Waals surface area contributed by atoms with E-state index in [0.717, 1.165) is 11.5 Å². The first kappa shape index (κ1) is 16.3. The molecule has 1 amide bonds. The molecule has 0 fully saturated rings. The van der Waals surface area contributed by atoms with Crippen LogP contribution in [0.4, 0.5) is 0 Å². The van der Waals surface area contributed by atoms with Crippen LogP contribution in [0.5, 0.6) is 11.5 Å². The first-order valence-corrected chi connectivity index (χ1v) is 6.78. The van der Waals surface area contributed by atoms with Crippen molar-refractivity contribution in [3.05, 3.63) is 24.3 Å². The molecule has 0 aliphatic heterocycles. The van der Waals surface area contributed by atoms with Gasteiger partial charge in [-0.2, -0.15) is 0 Å². The average Bonchev–Trinajstić information content (AvgIpc) is 2.44. The summed E-state index contributed by atoms with van der Waals surface area (Å²) in [5, 5.41) is 2.79. The maximum absolute atomic E-state index is 11.7.